The molecule has 0 spiro atoms. The molecule has 0 fully saturated rings. The van der Waals surface area contributed by atoms with E-state index in [4.69, 9.17) is 9.84 Å². The van der Waals surface area contributed by atoms with Gasteiger partial charge in [-0.2, -0.15) is 0 Å². The number of hydrogen-bond acceptors (Lipinski definition) is 2. The molecular formula is C12H26O2. The Hall–Kier alpha value is -0.0800. The van der Waals surface area contributed by atoms with Crippen LogP contribution >= 0.6 is 0 Å². The third-order valence-electron chi connectivity index (χ3n) is 3.50. The Kier molecular flexibility index (Phi) is 5.68. The third-order valence-corrected chi connectivity index (χ3v) is 3.50. The van der Waals surface area contributed by atoms with E-state index < -0.39 is 0 Å². The van der Waals surface area contributed by atoms with Crippen LogP contribution in [0.5, 0.6) is 0 Å². The Bertz CT molecular complexity index is 152. The normalized spacial score (nSPS) is 17.1. The monoisotopic (exact) mass is 202 g/mol. The van der Waals surface area contributed by atoms with Crippen LogP contribution in [-0.2, 0) is 4.74 Å². The summed E-state index contributed by atoms with van der Waals surface area (Å²) in [6.07, 6.45) is 0. The van der Waals surface area contributed by atoms with Gasteiger partial charge in [0, 0.05) is 0 Å². The van der Waals surface area contributed by atoms with Gasteiger partial charge in [0.15, 0.2) is 0 Å². The van der Waals surface area contributed by atoms with E-state index in [-0.39, 0.29) is 12.2 Å². The molecule has 0 aromatic rings. The molecule has 0 saturated carbocycles. The Morgan fingerprint density at radius 1 is 1.14 bits per heavy atom. The van der Waals surface area contributed by atoms with Crippen LogP contribution in [0.4, 0.5) is 0 Å². The summed E-state index contributed by atoms with van der Waals surface area (Å²) in [6.45, 7) is 13.7. The molecule has 2 nitrogen and oxygen atoms in total. The SMILES string of the molecule is CC(C)C(C)C(C)C(C)(C)OCCO. The van der Waals surface area contributed by atoms with E-state index >= 15 is 0 Å². The summed E-state index contributed by atoms with van der Waals surface area (Å²) in [4.78, 5) is 0. The lowest BCUT2D eigenvalue weighted by atomic mass is 9.77. The molecule has 2 unspecified atom stereocenters. The average Bonchev–Trinajstić information content (AvgIpc) is 2.12. The highest BCUT2D eigenvalue weighted by molar-refractivity contribution is 4.81. The number of rotatable bonds is 6. The summed E-state index contributed by atoms with van der Waals surface area (Å²) in [6, 6.07) is 0. The maximum Gasteiger partial charge on any atom is 0.0705 e. The first kappa shape index (κ1) is 13.9. The Balaban J connectivity index is 4.25. The topological polar surface area (TPSA) is 29.5 Å². The van der Waals surface area contributed by atoms with Crippen LogP contribution in [0.3, 0.4) is 0 Å². The van der Waals surface area contributed by atoms with Gasteiger partial charge in [0.2, 0.25) is 0 Å². The first-order valence-corrected chi connectivity index (χ1v) is 5.57. The van der Waals surface area contributed by atoms with Gasteiger partial charge < -0.3 is 9.84 Å². The molecule has 1 N–H and O–H groups in total. The van der Waals surface area contributed by atoms with Crippen molar-refractivity contribution in [3.8, 4) is 0 Å². The molecule has 2 heteroatoms. The fraction of sp³-hybridized carbons (Fsp3) is 1.00. The van der Waals surface area contributed by atoms with Gasteiger partial charge in [-0.25, -0.2) is 0 Å². The molecule has 2 atom stereocenters. The van der Waals surface area contributed by atoms with Crippen molar-refractivity contribution >= 4 is 0 Å². The van der Waals surface area contributed by atoms with Gasteiger partial charge in [0.05, 0.1) is 18.8 Å². The summed E-state index contributed by atoms with van der Waals surface area (Å²) in [5.74, 6) is 1.79. The summed E-state index contributed by atoms with van der Waals surface area (Å²) in [5, 5.41) is 8.73. The third kappa shape index (κ3) is 3.97. The van der Waals surface area contributed by atoms with E-state index in [1.165, 1.54) is 0 Å². The van der Waals surface area contributed by atoms with Crippen molar-refractivity contribution in [2.75, 3.05) is 13.2 Å². The summed E-state index contributed by atoms with van der Waals surface area (Å²) < 4.78 is 5.66. The zero-order valence-corrected chi connectivity index (χ0v) is 10.5. The fourth-order valence-electron chi connectivity index (χ4n) is 1.65. The van der Waals surface area contributed by atoms with Crippen molar-refractivity contribution in [3.05, 3.63) is 0 Å². The van der Waals surface area contributed by atoms with Crippen LogP contribution in [0.1, 0.15) is 41.5 Å². The largest absolute Gasteiger partial charge is 0.394 e. The summed E-state index contributed by atoms with van der Waals surface area (Å²) >= 11 is 0. The zero-order chi connectivity index (χ0) is 11.4. The van der Waals surface area contributed by atoms with Gasteiger partial charge in [-0.3, -0.25) is 0 Å². The van der Waals surface area contributed by atoms with E-state index in [0.29, 0.717) is 24.4 Å². The van der Waals surface area contributed by atoms with Gasteiger partial charge in [0.1, 0.15) is 0 Å². The first-order chi connectivity index (χ1) is 6.33. The second-order valence-electron chi connectivity index (χ2n) is 5.07. The van der Waals surface area contributed by atoms with E-state index in [9.17, 15) is 0 Å². The quantitative estimate of drug-likeness (QED) is 0.717. The van der Waals surface area contributed by atoms with Crippen LogP contribution < -0.4 is 0 Å². The van der Waals surface area contributed by atoms with Crippen LogP contribution in [0, 0.1) is 17.8 Å². The minimum Gasteiger partial charge on any atom is -0.394 e. The van der Waals surface area contributed by atoms with Gasteiger partial charge in [0.25, 0.3) is 0 Å². The van der Waals surface area contributed by atoms with E-state index in [1.54, 1.807) is 0 Å². The summed E-state index contributed by atoms with van der Waals surface area (Å²) in [5.41, 5.74) is -0.146. The van der Waals surface area contributed by atoms with Crippen LogP contribution in [0.25, 0.3) is 0 Å². The van der Waals surface area contributed by atoms with Crippen molar-refractivity contribution < 1.29 is 9.84 Å². The predicted molar refractivity (Wildman–Crippen MR) is 60.3 cm³/mol. The molecule has 14 heavy (non-hydrogen) atoms. The Morgan fingerprint density at radius 3 is 2.00 bits per heavy atom. The predicted octanol–water partition coefficient (Wildman–Crippen LogP) is 2.70. The molecule has 0 aliphatic rings. The first-order valence-electron chi connectivity index (χ1n) is 5.57. The summed E-state index contributed by atoms with van der Waals surface area (Å²) in [7, 11) is 0. The highest BCUT2D eigenvalue weighted by Crippen LogP contribution is 2.31. The lowest BCUT2D eigenvalue weighted by molar-refractivity contribution is -0.0842. The molecular weight excluding hydrogens is 176 g/mol. The fourth-order valence-corrected chi connectivity index (χ4v) is 1.65. The van der Waals surface area contributed by atoms with Gasteiger partial charge in [-0.15, -0.1) is 0 Å². The maximum absolute atomic E-state index is 8.73. The van der Waals surface area contributed by atoms with Crippen LogP contribution in [0.2, 0.25) is 0 Å². The smallest absolute Gasteiger partial charge is 0.0705 e. The molecule has 0 aliphatic carbocycles. The number of aliphatic hydroxyl groups excluding tert-OH is 1. The maximum atomic E-state index is 8.73. The Morgan fingerprint density at radius 2 is 1.64 bits per heavy atom. The van der Waals surface area contributed by atoms with Crippen molar-refractivity contribution in [1.29, 1.82) is 0 Å². The minimum atomic E-state index is -0.146. The number of ether oxygens (including phenoxy) is 1. The highest BCUT2D eigenvalue weighted by Gasteiger charge is 2.31. The minimum absolute atomic E-state index is 0.103. The number of hydrogen-bond donors (Lipinski definition) is 1. The second-order valence-corrected chi connectivity index (χ2v) is 5.07. The molecule has 0 saturated heterocycles. The van der Waals surface area contributed by atoms with Crippen molar-refractivity contribution in [3.63, 3.8) is 0 Å². The van der Waals surface area contributed by atoms with Crippen molar-refractivity contribution in [1.82, 2.24) is 0 Å². The molecule has 86 valence electrons. The number of aliphatic hydroxyl groups is 1. The van der Waals surface area contributed by atoms with Gasteiger partial charge in [-0.05, 0) is 31.6 Å². The molecule has 0 radical (unpaired) electrons. The van der Waals surface area contributed by atoms with Crippen molar-refractivity contribution in [2.24, 2.45) is 17.8 Å². The Labute approximate surface area is 88.7 Å². The zero-order valence-electron chi connectivity index (χ0n) is 10.5. The van der Waals surface area contributed by atoms with E-state index in [1.807, 2.05) is 0 Å². The molecule has 0 amide bonds. The van der Waals surface area contributed by atoms with E-state index in [2.05, 4.69) is 41.5 Å². The molecule has 0 heterocycles. The second kappa shape index (κ2) is 5.72. The van der Waals surface area contributed by atoms with Crippen LogP contribution in [-0.4, -0.2) is 23.9 Å². The lowest BCUT2D eigenvalue weighted by Crippen LogP contribution is -2.38. The molecule has 0 aromatic heterocycles. The molecule has 0 aliphatic heterocycles. The molecule has 0 rings (SSSR count). The average molecular weight is 202 g/mol. The van der Waals surface area contributed by atoms with Gasteiger partial charge in [-0.1, -0.05) is 27.7 Å². The van der Waals surface area contributed by atoms with Crippen molar-refractivity contribution in [2.45, 2.75) is 47.1 Å². The molecule has 0 aromatic carbocycles. The standard InChI is InChI=1S/C12H26O2/c1-9(2)10(3)11(4)12(5,6)14-8-7-13/h9-11,13H,7-8H2,1-6H3. The van der Waals surface area contributed by atoms with Crippen LogP contribution in [0.15, 0.2) is 0 Å². The van der Waals surface area contributed by atoms with E-state index in [0.717, 1.165) is 0 Å². The molecule has 0 bridgehead atoms. The highest BCUT2D eigenvalue weighted by atomic mass is 16.5. The van der Waals surface area contributed by atoms with Gasteiger partial charge >= 0.3 is 0 Å². The lowest BCUT2D eigenvalue weighted by Gasteiger charge is -2.37.